The standard InChI is InChI=1S/C17H32N2O6S/c1-4-5-10-26(22,23)19-8-6-17(7-9-19)13-16(2,14(20)11-25-17)18-15(21)12-24-3/h14,20H,4-13H2,1-3H3,(H,18,21)/t14-,16-/m0/s1. The zero-order chi connectivity index (χ0) is 19.4. The van der Waals surface area contributed by atoms with Gasteiger partial charge in [-0.1, -0.05) is 13.3 Å². The molecule has 1 spiro atoms. The SMILES string of the molecule is CCCCS(=O)(=O)N1CCC2(CC1)C[C@](C)(NC(=O)COC)[C@@H](O)CO2. The van der Waals surface area contributed by atoms with Crippen molar-refractivity contribution in [3.05, 3.63) is 0 Å². The van der Waals surface area contributed by atoms with E-state index in [2.05, 4.69) is 5.32 Å². The predicted molar refractivity (Wildman–Crippen MR) is 97.2 cm³/mol. The number of unbranched alkanes of at least 4 members (excludes halogenated alkanes) is 1. The van der Waals surface area contributed by atoms with Crippen LogP contribution in [0.3, 0.4) is 0 Å². The Morgan fingerprint density at radius 2 is 2.04 bits per heavy atom. The van der Waals surface area contributed by atoms with Crippen molar-refractivity contribution in [2.75, 3.05) is 39.2 Å². The summed E-state index contributed by atoms with van der Waals surface area (Å²) < 4.78 is 37.1. The Balaban J connectivity index is 2.02. The van der Waals surface area contributed by atoms with Crippen LogP contribution in [0.2, 0.25) is 0 Å². The quantitative estimate of drug-likeness (QED) is 0.644. The van der Waals surface area contributed by atoms with Gasteiger partial charge in [-0.3, -0.25) is 4.79 Å². The van der Waals surface area contributed by atoms with Crippen molar-refractivity contribution in [1.29, 1.82) is 0 Å². The molecular formula is C17H32N2O6S. The van der Waals surface area contributed by atoms with E-state index in [9.17, 15) is 18.3 Å². The van der Waals surface area contributed by atoms with Gasteiger partial charge in [0.25, 0.3) is 0 Å². The smallest absolute Gasteiger partial charge is 0.246 e. The highest BCUT2D eigenvalue weighted by molar-refractivity contribution is 7.89. The van der Waals surface area contributed by atoms with E-state index in [0.29, 0.717) is 38.8 Å². The number of carbonyl (C=O) groups is 1. The van der Waals surface area contributed by atoms with E-state index >= 15 is 0 Å². The van der Waals surface area contributed by atoms with Gasteiger partial charge in [-0.25, -0.2) is 12.7 Å². The van der Waals surface area contributed by atoms with E-state index in [1.807, 2.05) is 6.92 Å². The van der Waals surface area contributed by atoms with Crippen molar-refractivity contribution in [3.63, 3.8) is 0 Å². The van der Waals surface area contributed by atoms with E-state index in [-0.39, 0.29) is 24.9 Å². The van der Waals surface area contributed by atoms with Gasteiger partial charge in [0.1, 0.15) is 12.7 Å². The first kappa shape index (κ1) is 21.6. The first-order valence-corrected chi connectivity index (χ1v) is 10.9. The molecule has 2 aliphatic heterocycles. The van der Waals surface area contributed by atoms with Gasteiger partial charge in [0.2, 0.25) is 15.9 Å². The molecule has 0 aromatic carbocycles. The molecule has 0 aromatic rings. The second-order valence-electron chi connectivity index (χ2n) is 7.65. The van der Waals surface area contributed by atoms with Gasteiger partial charge < -0.3 is 19.9 Å². The molecule has 26 heavy (non-hydrogen) atoms. The third kappa shape index (κ3) is 4.95. The predicted octanol–water partition coefficient (Wildman–Crippen LogP) is 0.253. The Hall–Kier alpha value is -0.740. The Kier molecular flexibility index (Phi) is 7.06. The number of nitrogens with zero attached hydrogens (tertiary/aromatic N) is 1. The lowest BCUT2D eigenvalue weighted by atomic mass is 9.75. The van der Waals surface area contributed by atoms with Crippen LogP contribution >= 0.6 is 0 Å². The number of ether oxygens (including phenoxy) is 2. The number of aliphatic hydroxyl groups excluding tert-OH is 1. The molecule has 0 aromatic heterocycles. The zero-order valence-electron chi connectivity index (χ0n) is 16.0. The van der Waals surface area contributed by atoms with Crippen LogP contribution < -0.4 is 5.32 Å². The topological polar surface area (TPSA) is 105 Å². The lowest BCUT2D eigenvalue weighted by Gasteiger charge is -2.51. The van der Waals surface area contributed by atoms with Gasteiger partial charge in [0.15, 0.2) is 0 Å². The number of rotatable bonds is 7. The average molecular weight is 393 g/mol. The molecule has 9 heteroatoms. The van der Waals surface area contributed by atoms with E-state index in [1.54, 1.807) is 11.2 Å². The van der Waals surface area contributed by atoms with Crippen LogP contribution in [0.1, 0.15) is 46.0 Å². The summed E-state index contributed by atoms with van der Waals surface area (Å²) in [7, 11) is -1.78. The molecule has 2 fully saturated rings. The molecule has 0 saturated carbocycles. The number of carbonyl (C=O) groups excluding carboxylic acids is 1. The van der Waals surface area contributed by atoms with Crippen molar-refractivity contribution >= 4 is 15.9 Å². The summed E-state index contributed by atoms with van der Waals surface area (Å²) in [6, 6.07) is 0. The lowest BCUT2D eigenvalue weighted by molar-refractivity contribution is -0.178. The summed E-state index contributed by atoms with van der Waals surface area (Å²) >= 11 is 0. The Morgan fingerprint density at radius 3 is 2.62 bits per heavy atom. The highest BCUT2D eigenvalue weighted by Gasteiger charge is 2.50. The van der Waals surface area contributed by atoms with Crippen LogP contribution in [0.15, 0.2) is 0 Å². The third-order valence-electron chi connectivity index (χ3n) is 5.46. The summed E-state index contributed by atoms with van der Waals surface area (Å²) in [6.45, 7) is 4.64. The number of methoxy groups -OCH3 is 1. The van der Waals surface area contributed by atoms with Gasteiger partial charge in [-0.05, 0) is 26.2 Å². The minimum absolute atomic E-state index is 0.0698. The van der Waals surface area contributed by atoms with Crippen LogP contribution in [0, 0.1) is 0 Å². The fourth-order valence-corrected chi connectivity index (χ4v) is 5.49. The first-order chi connectivity index (χ1) is 12.2. The van der Waals surface area contributed by atoms with Crippen LogP contribution in [-0.2, 0) is 24.3 Å². The van der Waals surface area contributed by atoms with Gasteiger partial charge >= 0.3 is 0 Å². The lowest BCUT2D eigenvalue weighted by Crippen LogP contribution is -2.66. The van der Waals surface area contributed by atoms with Gasteiger partial charge in [0.05, 0.1) is 23.5 Å². The number of nitrogens with one attached hydrogen (secondary N) is 1. The Bertz CT molecular complexity index is 588. The molecule has 2 rings (SSSR count). The largest absolute Gasteiger partial charge is 0.388 e. The number of hydrogen-bond donors (Lipinski definition) is 2. The monoisotopic (exact) mass is 392 g/mol. The normalized spacial score (nSPS) is 29.6. The highest BCUT2D eigenvalue weighted by Crippen LogP contribution is 2.40. The molecular weight excluding hydrogens is 360 g/mol. The first-order valence-electron chi connectivity index (χ1n) is 9.26. The third-order valence-corrected chi connectivity index (χ3v) is 7.41. The molecule has 2 aliphatic rings. The van der Waals surface area contributed by atoms with Gasteiger partial charge in [0, 0.05) is 26.6 Å². The molecule has 2 saturated heterocycles. The molecule has 8 nitrogen and oxygen atoms in total. The molecule has 2 N–H and O–H groups in total. The van der Waals surface area contributed by atoms with Crippen LogP contribution in [0.5, 0.6) is 0 Å². The number of hydrogen-bond acceptors (Lipinski definition) is 6. The van der Waals surface area contributed by atoms with Crippen LogP contribution in [0.4, 0.5) is 0 Å². The summed E-state index contributed by atoms with van der Waals surface area (Å²) in [5, 5.41) is 13.2. The van der Waals surface area contributed by atoms with Crippen molar-refractivity contribution in [3.8, 4) is 0 Å². The highest BCUT2D eigenvalue weighted by atomic mass is 32.2. The van der Waals surface area contributed by atoms with Crippen LogP contribution in [-0.4, -0.2) is 80.1 Å². The molecule has 0 unspecified atom stereocenters. The summed E-state index contributed by atoms with van der Waals surface area (Å²) in [5.74, 6) is -0.105. The second kappa shape index (κ2) is 8.52. The van der Waals surface area contributed by atoms with Gasteiger partial charge in [-0.15, -0.1) is 0 Å². The number of sulfonamides is 1. The van der Waals surface area contributed by atoms with E-state index in [1.165, 1.54) is 7.11 Å². The molecule has 2 heterocycles. The minimum Gasteiger partial charge on any atom is -0.388 e. The molecule has 0 aliphatic carbocycles. The molecule has 1 amide bonds. The maximum atomic E-state index is 12.4. The summed E-state index contributed by atoms with van der Waals surface area (Å²) in [6.07, 6.45) is 2.25. The fourth-order valence-electron chi connectivity index (χ4n) is 3.84. The van der Waals surface area contributed by atoms with E-state index in [4.69, 9.17) is 9.47 Å². The molecule has 152 valence electrons. The minimum atomic E-state index is -3.22. The number of aliphatic hydroxyl groups is 1. The average Bonchev–Trinajstić information content (AvgIpc) is 2.57. The summed E-state index contributed by atoms with van der Waals surface area (Å²) in [5.41, 5.74) is -1.35. The second-order valence-corrected chi connectivity index (χ2v) is 9.74. The van der Waals surface area contributed by atoms with Gasteiger partial charge in [-0.2, -0.15) is 0 Å². The Labute approximate surface area is 156 Å². The van der Waals surface area contributed by atoms with Crippen molar-refractivity contribution in [1.82, 2.24) is 9.62 Å². The number of amides is 1. The fraction of sp³-hybridized carbons (Fsp3) is 0.941. The summed E-state index contributed by atoms with van der Waals surface area (Å²) in [4.78, 5) is 11.9. The van der Waals surface area contributed by atoms with E-state index < -0.39 is 27.3 Å². The molecule has 0 radical (unpaired) electrons. The van der Waals surface area contributed by atoms with Crippen molar-refractivity contribution in [2.45, 2.75) is 63.2 Å². The maximum absolute atomic E-state index is 12.4. The van der Waals surface area contributed by atoms with Crippen molar-refractivity contribution < 1.29 is 27.8 Å². The maximum Gasteiger partial charge on any atom is 0.246 e. The molecule has 2 atom stereocenters. The zero-order valence-corrected chi connectivity index (χ0v) is 16.8. The number of piperidine rings is 1. The van der Waals surface area contributed by atoms with E-state index in [0.717, 1.165) is 6.42 Å². The Morgan fingerprint density at radius 1 is 1.38 bits per heavy atom. The molecule has 0 bridgehead atoms. The van der Waals surface area contributed by atoms with Crippen LogP contribution in [0.25, 0.3) is 0 Å². The van der Waals surface area contributed by atoms with Crippen molar-refractivity contribution in [2.24, 2.45) is 0 Å².